The topological polar surface area (TPSA) is 59.2 Å². The fourth-order valence-electron chi connectivity index (χ4n) is 1.86. The van der Waals surface area contributed by atoms with Crippen molar-refractivity contribution in [2.75, 3.05) is 20.1 Å². The first kappa shape index (κ1) is 21.3. The highest BCUT2D eigenvalue weighted by Crippen LogP contribution is 2.28. The maximum Gasteiger partial charge on any atom is 0.273 e. The summed E-state index contributed by atoms with van der Waals surface area (Å²) in [5.74, 6) is -0.0504. The maximum absolute atomic E-state index is 12.4. The van der Waals surface area contributed by atoms with E-state index in [9.17, 15) is 4.79 Å². The first-order valence-electron chi connectivity index (χ1n) is 6.38. The molecular weight excluding hydrogens is 361 g/mol. The summed E-state index contributed by atoms with van der Waals surface area (Å²) in [7, 11) is 1.80. The van der Waals surface area contributed by atoms with Crippen LogP contribution in [-0.2, 0) is 0 Å². The van der Waals surface area contributed by atoms with Crippen LogP contribution in [0.15, 0.2) is 22.9 Å². The van der Waals surface area contributed by atoms with Crippen molar-refractivity contribution >= 4 is 53.4 Å². The number of aromatic nitrogens is 1. The van der Waals surface area contributed by atoms with Crippen molar-refractivity contribution in [2.24, 2.45) is 11.1 Å². The number of carbonyl (C=O) groups is 1. The summed E-state index contributed by atoms with van der Waals surface area (Å²) >= 11 is 3.13. The van der Waals surface area contributed by atoms with E-state index in [0.717, 1.165) is 9.88 Å². The van der Waals surface area contributed by atoms with E-state index in [2.05, 4.69) is 18.8 Å². The predicted molar refractivity (Wildman–Crippen MR) is 99.7 cm³/mol. The van der Waals surface area contributed by atoms with Gasteiger partial charge >= 0.3 is 0 Å². The third-order valence-electron chi connectivity index (χ3n) is 3.02. The summed E-state index contributed by atoms with van der Waals surface area (Å²) in [5.41, 5.74) is 6.13. The van der Waals surface area contributed by atoms with Crippen LogP contribution in [-0.4, -0.2) is 35.9 Å². The van der Waals surface area contributed by atoms with E-state index in [0.29, 0.717) is 18.8 Å². The molecular formula is C14H21Cl2N3OS2. The summed E-state index contributed by atoms with van der Waals surface area (Å²) < 4.78 is 0. The van der Waals surface area contributed by atoms with E-state index in [-0.39, 0.29) is 36.1 Å². The predicted octanol–water partition coefficient (Wildman–Crippen LogP) is 3.77. The Bertz CT molecular complexity index is 585. The van der Waals surface area contributed by atoms with Crippen LogP contribution in [0.2, 0.25) is 0 Å². The van der Waals surface area contributed by atoms with Crippen LogP contribution >= 0.6 is 47.5 Å². The second kappa shape index (κ2) is 8.84. The van der Waals surface area contributed by atoms with Crippen LogP contribution in [0.3, 0.4) is 0 Å². The number of hydrogen-bond donors (Lipinski definition) is 1. The number of carbonyl (C=O) groups excluding carboxylic acids is 1. The summed E-state index contributed by atoms with van der Waals surface area (Å²) in [6.45, 7) is 5.26. The summed E-state index contributed by atoms with van der Waals surface area (Å²) in [5, 5.41) is 4.73. The molecule has 2 heterocycles. The lowest BCUT2D eigenvalue weighted by atomic mass is 9.93. The molecule has 1 amide bonds. The van der Waals surface area contributed by atoms with Crippen molar-refractivity contribution in [1.29, 1.82) is 0 Å². The highest BCUT2D eigenvalue weighted by atomic mass is 35.5. The molecule has 0 saturated carbocycles. The average Bonchev–Trinajstić information content (AvgIpc) is 3.07. The monoisotopic (exact) mass is 381 g/mol. The Balaban J connectivity index is 0.00000220. The van der Waals surface area contributed by atoms with Gasteiger partial charge in [-0.15, -0.1) is 47.5 Å². The van der Waals surface area contributed by atoms with Gasteiger partial charge < -0.3 is 10.6 Å². The molecule has 0 saturated heterocycles. The van der Waals surface area contributed by atoms with Crippen LogP contribution in [0.25, 0.3) is 9.88 Å². The highest BCUT2D eigenvalue weighted by molar-refractivity contribution is 7.20. The van der Waals surface area contributed by atoms with Gasteiger partial charge in [-0.2, -0.15) is 0 Å². The van der Waals surface area contributed by atoms with Crippen LogP contribution in [0.4, 0.5) is 0 Å². The second-order valence-electron chi connectivity index (χ2n) is 5.54. The normalized spacial score (nSPS) is 10.5. The van der Waals surface area contributed by atoms with Gasteiger partial charge in [0.15, 0.2) is 0 Å². The molecule has 0 spiro atoms. The third-order valence-corrected chi connectivity index (χ3v) is 4.90. The molecule has 0 bridgehead atoms. The Morgan fingerprint density at radius 3 is 2.59 bits per heavy atom. The van der Waals surface area contributed by atoms with E-state index < -0.39 is 0 Å². The van der Waals surface area contributed by atoms with Gasteiger partial charge in [-0.05, 0) is 23.4 Å². The minimum atomic E-state index is -0.0863. The van der Waals surface area contributed by atoms with Gasteiger partial charge in [-0.1, -0.05) is 19.9 Å². The Kier molecular flexibility index (Phi) is 8.57. The Hall–Kier alpha value is -0.660. The molecule has 2 aromatic rings. The van der Waals surface area contributed by atoms with Gasteiger partial charge in [0.25, 0.3) is 5.91 Å². The zero-order chi connectivity index (χ0) is 14.8. The Morgan fingerprint density at radius 1 is 1.36 bits per heavy atom. The quantitative estimate of drug-likeness (QED) is 0.856. The van der Waals surface area contributed by atoms with E-state index >= 15 is 0 Å². The van der Waals surface area contributed by atoms with Crippen LogP contribution < -0.4 is 5.73 Å². The van der Waals surface area contributed by atoms with E-state index in [4.69, 9.17) is 5.73 Å². The van der Waals surface area contributed by atoms with Crippen molar-refractivity contribution in [3.05, 3.63) is 28.6 Å². The number of halogens is 2. The van der Waals surface area contributed by atoms with Gasteiger partial charge in [0.1, 0.15) is 10.7 Å². The fraction of sp³-hybridized carbons (Fsp3) is 0.429. The number of hydrogen-bond acceptors (Lipinski definition) is 5. The Morgan fingerprint density at radius 2 is 2.05 bits per heavy atom. The molecule has 2 N–H and O–H groups in total. The minimum Gasteiger partial charge on any atom is -0.340 e. The molecule has 2 rings (SSSR count). The lowest BCUT2D eigenvalue weighted by molar-refractivity contribution is 0.0735. The number of amides is 1. The molecule has 0 aliphatic carbocycles. The maximum atomic E-state index is 12.4. The summed E-state index contributed by atoms with van der Waals surface area (Å²) in [6.07, 6.45) is 0. The molecule has 124 valence electrons. The number of rotatable bonds is 5. The number of thiophene rings is 1. The smallest absolute Gasteiger partial charge is 0.273 e. The number of nitrogens with two attached hydrogens (primary N) is 1. The summed E-state index contributed by atoms with van der Waals surface area (Å²) in [6, 6.07) is 4.00. The third kappa shape index (κ3) is 5.21. The van der Waals surface area contributed by atoms with Crippen LogP contribution in [0, 0.1) is 5.41 Å². The molecule has 0 aromatic carbocycles. The number of thiazole rings is 1. The average molecular weight is 382 g/mol. The molecule has 0 atom stereocenters. The lowest BCUT2D eigenvalue weighted by Crippen LogP contribution is -2.39. The molecule has 8 heteroatoms. The van der Waals surface area contributed by atoms with Gasteiger partial charge in [0, 0.05) is 19.0 Å². The van der Waals surface area contributed by atoms with Crippen LogP contribution in [0.1, 0.15) is 24.3 Å². The molecule has 0 aliphatic rings. The minimum absolute atomic E-state index is 0. The first-order valence-corrected chi connectivity index (χ1v) is 8.14. The molecule has 0 unspecified atom stereocenters. The molecule has 22 heavy (non-hydrogen) atoms. The fourth-order valence-corrected chi connectivity index (χ4v) is 3.47. The van der Waals surface area contributed by atoms with E-state index in [1.54, 1.807) is 23.3 Å². The van der Waals surface area contributed by atoms with Crippen molar-refractivity contribution in [1.82, 2.24) is 9.88 Å². The van der Waals surface area contributed by atoms with Crippen molar-refractivity contribution in [3.63, 3.8) is 0 Å². The van der Waals surface area contributed by atoms with Gasteiger partial charge in [0.05, 0.1) is 4.88 Å². The van der Waals surface area contributed by atoms with E-state index in [1.165, 1.54) is 11.3 Å². The first-order chi connectivity index (χ1) is 9.43. The van der Waals surface area contributed by atoms with Gasteiger partial charge in [-0.25, -0.2) is 4.98 Å². The summed E-state index contributed by atoms with van der Waals surface area (Å²) in [4.78, 5) is 19.6. The molecule has 2 aromatic heterocycles. The lowest BCUT2D eigenvalue weighted by Gasteiger charge is -2.28. The van der Waals surface area contributed by atoms with Crippen molar-refractivity contribution in [2.45, 2.75) is 13.8 Å². The van der Waals surface area contributed by atoms with Crippen molar-refractivity contribution in [3.8, 4) is 9.88 Å². The molecule has 0 fully saturated rings. The van der Waals surface area contributed by atoms with Crippen molar-refractivity contribution < 1.29 is 4.79 Å². The molecule has 0 radical (unpaired) electrons. The van der Waals surface area contributed by atoms with E-state index in [1.807, 2.05) is 22.9 Å². The Labute approximate surface area is 151 Å². The second-order valence-corrected chi connectivity index (χ2v) is 7.35. The largest absolute Gasteiger partial charge is 0.340 e. The van der Waals surface area contributed by atoms with Gasteiger partial charge in [0.2, 0.25) is 0 Å². The zero-order valence-electron chi connectivity index (χ0n) is 12.7. The van der Waals surface area contributed by atoms with Gasteiger partial charge in [-0.3, -0.25) is 4.79 Å². The zero-order valence-corrected chi connectivity index (χ0v) is 16.0. The molecule has 0 aliphatic heterocycles. The SMILES string of the molecule is CN(CC(C)(C)CN)C(=O)c1csc(-c2cccs2)n1.Cl.Cl. The van der Waals surface area contributed by atoms with Crippen LogP contribution in [0.5, 0.6) is 0 Å². The highest BCUT2D eigenvalue weighted by Gasteiger charge is 2.23. The molecule has 4 nitrogen and oxygen atoms in total. The number of nitrogens with zero attached hydrogens (tertiary/aromatic N) is 2. The standard InChI is InChI=1S/C14H19N3OS2.2ClH/c1-14(2,8-15)9-17(3)13(18)10-7-20-12(16-10)11-5-4-6-19-11;;/h4-7H,8-9,15H2,1-3H3;2*1H.